The van der Waals surface area contributed by atoms with Crippen molar-refractivity contribution in [2.24, 2.45) is 0 Å². The molecule has 0 saturated carbocycles. The fraction of sp³-hybridized carbons (Fsp3) is 0.458. The van der Waals surface area contributed by atoms with Gasteiger partial charge in [0, 0.05) is 42.7 Å². The molecule has 3 aromatic rings. The van der Waals surface area contributed by atoms with Crippen LogP contribution in [0.5, 0.6) is 0 Å². The molecular weight excluding hydrogens is 394 g/mol. The van der Waals surface area contributed by atoms with Crippen LogP contribution in [0.4, 0.5) is 0 Å². The second-order valence-corrected chi connectivity index (χ2v) is 8.65. The molecule has 7 heteroatoms. The third kappa shape index (κ3) is 3.73. The number of aromatic nitrogens is 1. The van der Waals surface area contributed by atoms with E-state index in [1.807, 2.05) is 23.6 Å². The average Bonchev–Trinajstić information content (AvgIpc) is 3.47. The van der Waals surface area contributed by atoms with Crippen molar-refractivity contribution in [3.05, 3.63) is 52.1 Å². The number of carbonyl (C=O) groups excluding carboxylic acids is 2. The van der Waals surface area contributed by atoms with Gasteiger partial charge in [-0.3, -0.25) is 9.59 Å². The molecule has 3 heterocycles. The molecule has 1 aliphatic heterocycles. The lowest BCUT2D eigenvalue weighted by Crippen LogP contribution is -2.51. The minimum absolute atomic E-state index is 0.0520. The molecule has 1 saturated heterocycles. The normalized spacial score (nSPS) is 16.2. The number of fused-ring (bicyclic) bond motifs is 2. The molecule has 2 aliphatic rings. The quantitative estimate of drug-likeness (QED) is 0.647. The van der Waals surface area contributed by atoms with E-state index in [1.54, 1.807) is 6.26 Å². The highest BCUT2D eigenvalue weighted by Crippen LogP contribution is 2.30. The molecule has 0 unspecified atom stereocenters. The highest BCUT2D eigenvalue weighted by atomic mass is 16.5. The van der Waals surface area contributed by atoms with Crippen molar-refractivity contribution in [1.82, 2.24) is 15.0 Å². The van der Waals surface area contributed by atoms with E-state index in [0.717, 1.165) is 40.6 Å². The van der Waals surface area contributed by atoms with E-state index in [9.17, 15) is 9.59 Å². The summed E-state index contributed by atoms with van der Waals surface area (Å²) in [5.74, 6) is 0.829. The first kappa shape index (κ1) is 19.8. The number of aryl methyl sites for hydroxylation is 4. The number of hydrogen-bond donors (Lipinski definition) is 0. The van der Waals surface area contributed by atoms with E-state index in [4.69, 9.17) is 8.94 Å². The molecule has 7 nitrogen and oxygen atoms in total. The van der Waals surface area contributed by atoms with Gasteiger partial charge in [-0.05, 0) is 56.4 Å². The highest BCUT2D eigenvalue weighted by Gasteiger charge is 2.26. The summed E-state index contributed by atoms with van der Waals surface area (Å²) in [4.78, 5) is 29.3. The fourth-order valence-electron chi connectivity index (χ4n) is 4.78. The number of furan rings is 1. The van der Waals surface area contributed by atoms with E-state index in [0.29, 0.717) is 44.8 Å². The van der Waals surface area contributed by atoms with E-state index in [1.165, 1.54) is 17.5 Å². The van der Waals surface area contributed by atoms with Crippen LogP contribution in [0.1, 0.15) is 40.1 Å². The third-order valence-corrected chi connectivity index (χ3v) is 6.70. The number of amides is 2. The van der Waals surface area contributed by atoms with Gasteiger partial charge in [0.1, 0.15) is 11.3 Å². The number of rotatable bonds is 4. The molecule has 0 atom stereocenters. The van der Waals surface area contributed by atoms with Gasteiger partial charge in [0.2, 0.25) is 11.8 Å². The highest BCUT2D eigenvalue weighted by molar-refractivity contribution is 5.89. The smallest absolute Gasteiger partial charge is 0.227 e. The van der Waals surface area contributed by atoms with Crippen LogP contribution in [-0.4, -0.2) is 52.9 Å². The van der Waals surface area contributed by atoms with Gasteiger partial charge in [0.15, 0.2) is 0 Å². The van der Waals surface area contributed by atoms with Gasteiger partial charge in [0.05, 0.1) is 24.8 Å². The van der Waals surface area contributed by atoms with Crippen LogP contribution in [0.15, 0.2) is 27.3 Å². The number of piperazine rings is 1. The van der Waals surface area contributed by atoms with E-state index < -0.39 is 0 Å². The molecule has 5 rings (SSSR count). The molecule has 1 aliphatic carbocycles. The van der Waals surface area contributed by atoms with Crippen molar-refractivity contribution in [1.29, 1.82) is 0 Å². The largest absolute Gasteiger partial charge is 0.464 e. The summed E-state index contributed by atoms with van der Waals surface area (Å²) in [7, 11) is 0. The summed E-state index contributed by atoms with van der Waals surface area (Å²) in [6, 6.07) is 4.34. The Morgan fingerprint density at radius 3 is 2.26 bits per heavy atom. The molecule has 31 heavy (non-hydrogen) atoms. The Morgan fingerprint density at radius 1 is 0.968 bits per heavy atom. The number of benzene rings is 1. The fourth-order valence-corrected chi connectivity index (χ4v) is 4.78. The summed E-state index contributed by atoms with van der Waals surface area (Å²) in [6.07, 6.45) is 5.75. The van der Waals surface area contributed by atoms with E-state index >= 15 is 0 Å². The van der Waals surface area contributed by atoms with Crippen LogP contribution in [0.3, 0.4) is 0 Å². The van der Waals surface area contributed by atoms with E-state index in [2.05, 4.69) is 17.3 Å². The zero-order valence-electron chi connectivity index (χ0n) is 18.1. The Hall–Kier alpha value is -3.09. The van der Waals surface area contributed by atoms with Gasteiger partial charge in [-0.25, -0.2) is 0 Å². The van der Waals surface area contributed by atoms with E-state index in [-0.39, 0.29) is 11.8 Å². The summed E-state index contributed by atoms with van der Waals surface area (Å²) in [6.45, 7) is 5.88. The topological polar surface area (TPSA) is 79.8 Å². The molecule has 2 aromatic heterocycles. The standard InChI is InChI=1S/C24H27N3O4/c1-15-20(16(2)31-25-15)13-24(29)27-8-6-26(7-9-27)23(28)12-19-14-30-22-11-18-5-3-4-17(18)10-21(19)22/h10-11,14H,3-9,12-13H2,1-2H3. The monoisotopic (exact) mass is 421 g/mol. The molecular formula is C24H27N3O4. The van der Waals surface area contributed by atoms with Crippen molar-refractivity contribution in [2.45, 2.75) is 46.0 Å². The Morgan fingerprint density at radius 2 is 1.61 bits per heavy atom. The first-order valence-electron chi connectivity index (χ1n) is 11.0. The molecule has 1 fully saturated rings. The lowest BCUT2D eigenvalue weighted by molar-refractivity contribution is -0.138. The first-order valence-corrected chi connectivity index (χ1v) is 11.0. The van der Waals surface area contributed by atoms with Gasteiger partial charge >= 0.3 is 0 Å². The zero-order valence-corrected chi connectivity index (χ0v) is 18.1. The summed E-state index contributed by atoms with van der Waals surface area (Å²) < 4.78 is 10.9. The second-order valence-electron chi connectivity index (χ2n) is 8.65. The summed E-state index contributed by atoms with van der Waals surface area (Å²) in [5, 5.41) is 4.98. The van der Waals surface area contributed by atoms with Crippen LogP contribution < -0.4 is 0 Å². The van der Waals surface area contributed by atoms with Crippen LogP contribution in [0.25, 0.3) is 11.0 Å². The first-order chi connectivity index (χ1) is 15.0. The van der Waals surface area contributed by atoms with Crippen molar-refractivity contribution < 1.29 is 18.5 Å². The molecule has 1 aromatic carbocycles. The minimum atomic E-state index is 0.0520. The minimum Gasteiger partial charge on any atom is -0.464 e. The zero-order chi connectivity index (χ0) is 21.5. The third-order valence-electron chi connectivity index (χ3n) is 6.70. The lowest BCUT2D eigenvalue weighted by atomic mass is 10.0. The molecule has 0 bridgehead atoms. The van der Waals surface area contributed by atoms with Crippen molar-refractivity contribution >= 4 is 22.8 Å². The van der Waals surface area contributed by atoms with Gasteiger partial charge in [-0.15, -0.1) is 0 Å². The predicted molar refractivity (Wildman–Crippen MR) is 115 cm³/mol. The van der Waals surface area contributed by atoms with Crippen molar-refractivity contribution in [3.8, 4) is 0 Å². The van der Waals surface area contributed by atoms with Crippen LogP contribution in [-0.2, 0) is 35.3 Å². The summed E-state index contributed by atoms with van der Waals surface area (Å²) in [5.41, 5.74) is 6.20. The van der Waals surface area contributed by atoms with Gasteiger partial charge in [-0.1, -0.05) is 5.16 Å². The van der Waals surface area contributed by atoms with Crippen molar-refractivity contribution in [2.75, 3.05) is 26.2 Å². The Bertz CT molecular complexity index is 1130. The van der Waals surface area contributed by atoms with Gasteiger partial charge in [0.25, 0.3) is 0 Å². The SMILES string of the molecule is Cc1noc(C)c1CC(=O)N1CCN(C(=O)Cc2coc3cc4c(cc23)CCC4)CC1. The Balaban J connectivity index is 1.20. The van der Waals surface area contributed by atoms with Crippen LogP contribution >= 0.6 is 0 Å². The average molecular weight is 421 g/mol. The molecule has 162 valence electrons. The molecule has 0 N–H and O–H groups in total. The number of nitrogens with zero attached hydrogens (tertiary/aromatic N) is 3. The maximum absolute atomic E-state index is 12.9. The number of hydrogen-bond acceptors (Lipinski definition) is 5. The predicted octanol–water partition coefficient (Wildman–Crippen LogP) is 2.98. The molecule has 0 spiro atoms. The van der Waals surface area contributed by atoms with Gasteiger partial charge < -0.3 is 18.7 Å². The molecule has 2 amide bonds. The van der Waals surface area contributed by atoms with Crippen molar-refractivity contribution in [3.63, 3.8) is 0 Å². The maximum atomic E-state index is 12.9. The maximum Gasteiger partial charge on any atom is 0.227 e. The number of carbonyl (C=O) groups is 2. The Labute approximate surface area is 181 Å². The lowest BCUT2D eigenvalue weighted by Gasteiger charge is -2.35. The van der Waals surface area contributed by atoms with Gasteiger partial charge in [-0.2, -0.15) is 0 Å². The van der Waals surface area contributed by atoms with Crippen LogP contribution in [0, 0.1) is 13.8 Å². The second kappa shape index (κ2) is 7.87. The Kier molecular flexibility index (Phi) is 5.04. The molecule has 0 radical (unpaired) electrons. The summed E-state index contributed by atoms with van der Waals surface area (Å²) >= 11 is 0. The van der Waals surface area contributed by atoms with Crippen LogP contribution in [0.2, 0.25) is 0 Å².